The summed E-state index contributed by atoms with van der Waals surface area (Å²) >= 11 is 0. The lowest BCUT2D eigenvalue weighted by molar-refractivity contribution is -0.384. The van der Waals surface area contributed by atoms with Gasteiger partial charge in [-0.15, -0.1) is 0 Å². The Morgan fingerprint density at radius 3 is 1.22 bits per heavy atom. The van der Waals surface area contributed by atoms with Crippen LogP contribution in [0.2, 0.25) is 0 Å². The summed E-state index contributed by atoms with van der Waals surface area (Å²) in [6.45, 7) is 8.33. The molecule has 2 aromatic carbocycles. The minimum absolute atomic E-state index is 0.122. The van der Waals surface area contributed by atoms with Crippen LogP contribution in [0.5, 0.6) is 0 Å². The van der Waals surface area contributed by atoms with Gasteiger partial charge >= 0.3 is 11.4 Å². The Labute approximate surface area is 341 Å². The lowest BCUT2D eigenvalue weighted by Crippen LogP contribution is -2.47. The third-order valence-corrected chi connectivity index (χ3v) is 11.3. The smallest absolute Gasteiger partial charge is 0.332 e. The van der Waals surface area contributed by atoms with Crippen LogP contribution in [0.1, 0.15) is 0 Å². The number of hydrogen-bond acceptors (Lipinski definition) is 14. The van der Waals surface area contributed by atoms with E-state index in [1.54, 1.807) is 60.1 Å². The van der Waals surface area contributed by atoms with Crippen molar-refractivity contribution in [3.8, 4) is 0 Å². The average Bonchev–Trinajstić information content (AvgIpc) is 3.90. The van der Waals surface area contributed by atoms with Crippen molar-refractivity contribution >= 4 is 45.1 Å². The highest BCUT2D eigenvalue weighted by Crippen LogP contribution is 2.29. The fourth-order valence-corrected chi connectivity index (χ4v) is 7.83. The Kier molecular flexibility index (Phi) is 11.8. The van der Waals surface area contributed by atoms with Crippen molar-refractivity contribution in [1.82, 2.24) is 47.2 Å². The van der Waals surface area contributed by atoms with E-state index in [1.165, 1.54) is 35.4 Å². The quantitative estimate of drug-likeness (QED) is 0.134. The van der Waals surface area contributed by atoms with Gasteiger partial charge in [0.05, 0.1) is 22.5 Å². The number of para-hydroxylation sites is 4. The zero-order valence-electron chi connectivity index (χ0n) is 33.8. The Balaban J connectivity index is 0.000000181. The van der Waals surface area contributed by atoms with Crippen LogP contribution >= 0.6 is 0 Å². The number of fused-ring (bicyclic) bond motifs is 2. The Bertz CT molecular complexity index is 2630. The lowest BCUT2D eigenvalue weighted by Gasteiger charge is -2.35. The van der Waals surface area contributed by atoms with Gasteiger partial charge in [0.2, 0.25) is 0 Å². The first-order chi connectivity index (χ1) is 28.8. The summed E-state index contributed by atoms with van der Waals surface area (Å²) in [5.41, 5.74) is 1.62. The summed E-state index contributed by atoms with van der Waals surface area (Å²) in [6, 6.07) is 13.6. The molecule has 6 aromatic rings. The number of aromatic nitrogens is 8. The van der Waals surface area contributed by atoms with Crippen LogP contribution in [0, 0.1) is 20.2 Å². The third-order valence-electron chi connectivity index (χ3n) is 11.3. The molecule has 316 valence electrons. The predicted octanol–water partition coefficient (Wildman–Crippen LogP) is 0.328. The van der Waals surface area contributed by atoms with Crippen molar-refractivity contribution in [1.29, 1.82) is 0 Å². The summed E-state index contributed by atoms with van der Waals surface area (Å²) in [6.07, 6.45) is 3.18. The second-order valence-electron chi connectivity index (χ2n) is 14.8. The molecule has 0 N–H and O–H groups in total. The summed E-state index contributed by atoms with van der Waals surface area (Å²) in [7, 11) is 6.12. The summed E-state index contributed by atoms with van der Waals surface area (Å²) in [5, 5.41) is 22.6. The number of nitro benzene ring substituents is 2. The fourth-order valence-electron chi connectivity index (χ4n) is 7.83. The molecule has 2 aliphatic rings. The van der Waals surface area contributed by atoms with Gasteiger partial charge in [-0.1, -0.05) is 24.3 Å². The van der Waals surface area contributed by atoms with Crippen LogP contribution < -0.4 is 32.3 Å². The normalized spacial score (nSPS) is 15.1. The highest BCUT2D eigenvalue weighted by Gasteiger charge is 2.25. The number of anilines is 2. The van der Waals surface area contributed by atoms with E-state index < -0.39 is 11.4 Å². The standard InChI is InChI=1S/2C19H23N7O4/c2*1-21-17-16(18(27)22(2)19(21)28)25(13-20-17)12-9-23-7-10-24(11-8-23)14-5-3-4-6-15(14)26(29)30/h2*3-6,13H,7-12H2,1-2H3. The highest BCUT2D eigenvalue weighted by molar-refractivity contribution is 5.71. The molecule has 60 heavy (non-hydrogen) atoms. The summed E-state index contributed by atoms with van der Waals surface area (Å²) < 4.78 is 8.49. The molecule has 22 nitrogen and oxygen atoms in total. The van der Waals surface area contributed by atoms with Gasteiger partial charge in [-0.25, -0.2) is 19.6 Å². The van der Waals surface area contributed by atoms with Crippen LogP contribution in [0.15, 0.2) is 80.4 Å². The van der Waals surface area contributed by atoms with Gasteiger partial charge in [0, 0.05) is 119 Å². The molecule has 6 heterocycles. The summed E-state index contributed by atoms with van der Waals surface area (Å²) in [5.74, 6) is 0. The largest absolute Gasteiger partial charge is 0.363 e. The molecule has 22 heteroatoms. The molecule has 0 saturated carbocycles. The van der Waals surface area contributed by atoms with Gasteiger partial charge < -0.3 is 18.9 Å². The van der Waals surface area contributed by atoms with E-state index in [4.69, 9.17) is 0 Å². The van der Waals surface area contributed by atoms with E-state index in [0.29, 0.717) is 86.1 Å². The minimum Gasteiger partial charge on any atom is -0.363 e. The first kappa shape index (κ1) is 41.2. The molecule has 0 atom stereocenters. The molecule has 0 unspecified atom stereocenters. The van der Waals surface area contributed by atoms with E-state index in [9.17, 15) is 39.4 Å². The molecule has 0 radical (unpaired) electrons. The molecular weight excluding hydrogens is 781 g/mol. The number of piperazine rings is 2. The Hall–Kier alpha value is -6.94. The van der Waals surface area contributed by atoms with Gasteiger partial charge in [-0.2, -0.15) is 0 Å². The van der Waals surface area contributed by atoms with Crippen molar-refractivity contribution in [2.75, 3.05) is 75.2 Å². The zero-order valence-corrected chi connectivity index (χ0v) is 33.8. The number of aryl methyl sites for hydroxylation is 2. The monoisotopic (exact) mass is 826 g/mol. The minimum atomic E-state index is -0.399. The molecule has 2 fully saturated rings. The first-order valence-corrected chi connectivity index (χ1v) is 19.4. The van der Waals surface area contributed by atoms with Crippen LogP contribution in [-0.4, -0.2) is 122 Å². The zero-order chi connectivity index (χ0) is 42.8. The number of hydrogen-bond donors (Lipinski definition) is 0. The van der Waals surface area contributed by atoms with Crippen molar-refractivity contribution < 1.29 is 9.85 Å². The van der Waals surface area contributed by atoms with Crippen LogP contribution in [0.4, 0.5) is 22.7 Å². The third kappa shape index (κ3) is 7.93. The SMILES string of the molecule is Cn1c(=O)c2c(ncn2CCN2CCN(c3ccccc3[N+](=O)[O-])CC2)n(C)c1=O.Cn1c(=O)c2c(ncn2CCN2CCN(c3ccccc3[N+](=O)[O-])CC2)n(C)c1=O. The van der Waals surface area contributed by atoms with Gasteiger partial charge in [-0.05, 0) is 12.1 Å². The van der Waals surface area contributed by atoms with E-state index in [0.717, 1.165) is 35.3 Å². The van der Waals surface area contributed by atoms with Gasteiger partial charge in [0.15, 0.2) is 22.3 Å². The second kappa shape index (κ2) is 17.1. The van der Waals surface area contributed by atoms with Crippen molar-refractivity contribution in [3.63, 3.8) is 0 Å². The maximum absolute atomic E-state index is 12.5. The maximum Gasteiger partial charge on any atom is 0.332 e. The van der Waals surface area contributed by atoms with Crippen LogP contribution in [0.3, 0.4) is 0 Å². The van der Waals surface area contributed by atoms with Crippen molar-refractivity contribution in [3.05, 3.63) is 123 Å². The van der Waals surface area contributed by atoms with Crippen molar-refractivity contribution in [2.45, 2.75) is 13.1 Å². The molecule has 2 saturated heterocycles. The Morgan fingerprint density at radius 2 is 0.867 bits per heavy atom. The van der Waals surface area contributed by atoms with E-state index >= 15 is 0 Å². The van der Waals surface area contributed by atoms with Gasteiger partial charge in [0.1, 0.15) is 11.4 Å². The molecule has 2 aliphatic heterocycles. The highest BCUT2D eigenvalue weighted by atomic mass is 16.6. The van der Waals surface area contributed by atoms with E-state index in [2.05, 4.69) is 19.8 Å². The molecule has 0 bridgehead atoms. The van der Waals surface area contributed by atoms with Gasteiger partial charge in [-0.3, -0.25) is 57.9 Å². The number of rotatable bonds is 10. The van der Waals surface area contributed by atoms with Crippen LogP contribution in [0.25, 0.3) is 22.3 Å². The molecular formula is C38H46N14O8. The second-order valence-corrected chi connectivity index (χ2v) is 14.8. The topological polar surface area (TPSA) is 223 Å². The van der Waals surface area contributed by atoms with E-state index in [1.807, 2.05) is 21.9 Å². The molecule has 0 aliphatic carbocycles. The van der Waals surface area contributed by atoms with Gasteiger partial charge in [0.25, 0.3) is 22.5 Å². The molecule has 0 amide bonds. The van der Waals surface area contributed by atoms with E-state index in [-0.39, 0.29) is 32.3 Å². The van der Waals surface area contributed by atoms with Crippen LogP contribution in [-0.2, 0) is 41.3 Å². The lowest BCUT2D eigenvalue weighted by atomic mass is 10.2. The predicted molar refractivity (Wildman–Crippen MR) is 224 cm³/mol. The average molecular weight is 827 g/mol. The number of nitrogens with zero attached hydrogens (tertiary/aromatic N) is 14. The van der Waals surface area contributed by atoms with Crippen molar-refractivity contribution in [2.24, 2.45) is 28.2 Å². The number of imidazole rings is 2. The molecule has 4 aromatic heterocycles. The number of benzene rings is 2. The fraction of sp³-hybridized carbons (Fsp3) is 0.421. The summed E-state index contributed by atoms with van der Waals surface area (Å²) in [4.78, 5) is 88.1. The first-order valence-electron chi connectivity index (χ1n) is 19.4. The molecule has 0 spiro atoms. The number of nitro groups is 2. The molecule has 8 rings (SSSR count). The maximum atomic E-state index is 12.5. The Morgan fingerprint density at radius 1 is 0.517 bits per heavy atom.